The van der Waals surface area contributed by atoms with Crippen LogP contribution in [0.1, 0.15) is 55.5 Å². The molecule has 1 unspecified atom stereocenters. The molecule has 2 aliphatic rings. The summed E-state index contributed by atoms with van der Waals surface area (Å²) in [7, 11) is 4.31. The Bertz CT molecular complexity index is 2410. The van der Waals surface area contributed by atoms with E-state index in [2.05, 4.69) is 15.2 Å². The number of fused-ring (bicyclic) bond motifs is 2. The Kier molecular flexibility index (Phi) is 10.5. The van der Waals surface area contributed by atoms with Crippen molar-refractivity contribution in [3.63, 3.8) is 0 Å². The van der Waals surface area contributed by atoms with Crippen molar-refractivity contribution in [2.24, 2.45) is 20.0 Å². The maximum atomic E-state index is 14.0. The third-order valence-electron chi connectivity index (χ3n) is 10.4. The van der Waals surface area contributed by atoms with Crippen molar-refractivity contribution in [3.8, 4) is 28.3 Å². The smallest absolute Gasteiger partial charge is 0.330 e. The van der Waals surface area contributed by atoms with Crippen molar-refractivity contribution in [2.45, 2.75) is 45.1 Å². The molecule has 1 fully saturated rings. The summed E-state index contributed by atoms with van der Waals surface area (Å²) in [5, 5.41) is 3.52. The van der Waals surface area contributed by atoms with E-state index < -0.39 is 23.4 Å². The monoisotopic (exact) mass is 778 g/mol. The first-order chi connectivity index (χ1) is 25.9. The summed E-state index contributed by atoms with van der Waals surface area (Å²) in [6.07, 6.45) is 0.249. The quantitative estimate of drug-likeness (QED) is 0.151. The second-order valence-electron chi connectivity index (χ2n) is 13.5. The minimum absolute atomic E-state index is 0.00100. The van der Waals surface area contributed by atoms with Crippen molar-refractivity contribution >= 4 is 51.6 Å². The first-order valence-electron chi connectivity index (χ1n) is 17.7. The number of rotatable bonds is 9. The lowest BCUT2D eigenvalue weighted by atomic mass is 9.94. The highest BCUT2D eigenvalue weighted by Crippen LogP contribution is 2.46. The fourth-order valence-corrected chi connectivity index (χ4v) is 8.26. The zero-order valence-electron chi connectivity index (χ0n) is 30.1. The summed E-state index contributed by atoms with van der Waals surface area (Å²) >= 11 is 14.1. The molecule has 1 N–H and O–H groups in total. The number of piperidine rings is 1. The molecule has 7 rings (SSSR count). The summed E-state index contributed by atoms with van der Waals surface area (Å²) in [6.45, 7) is 3.77. The lowest BCUT2D eigenvalue weighted by Crippen LogP contribution is -2.38. The van der Waals surface area contributed by atoms with Crippen LogP contribution in [0.2, 0.25) is 10.0 Å². The first kappa shape index (κ1) is 37.5. The Labute approximate surface area is 319 Å². The number of aryl methyl sites for hydroxylation is 2. The number of hydrogen-bond donors (Lipinski definition) is 1. The number of carbonyl (C=O) groups excluding carboxylic acids is 1. The van der Waals surface area contributed by atoms with Gasteiger partial charge in [0.05, 0.1) is 46.6 Å². The van der Waals surface area contributed by atoms with Crippen molar-refractivity contribution in [2.75, 3.05) is 32.1 Å². The Morgan fingerprint density at radius 2 is 1.65 bits per heavy atom. The molecular weight excluding hydrogens is 741 g/mol. The number of carbonyl (C=O) groups is 1. The molecule has 3 aromatic heterocycles. The van der Waals surface area contributed by atoms with Gasteiger partial charge in [0.25, 0.3) is 12.0 Å². The van der Waals surface area contributed by atoms with Gasteiger partial charge in [-0.15, -0.1) is 0 Å². The number of benzene rings is 2. The van der Waals surface area contributed by atoms with Gasteiger partial charge in [-0.3, -0.25) is 23.6 Å². The van der Waals surface area contributed by atoms with Gasteiger partial charge in [0.1, 0.15) is 16.9 Å². The number of halogens is 4. The Balaban J connectivity index is 1.22. The minimum Gasteiger partial charge on any atom is -0.481 e. The van der Waals surface area contributed by atoms with Gasteiger partial charge in [-0.05, 0) is 69.5 Å². The van der Waals surface area contributed by atoms with Gasteiger partial charge >= 0.3 is 11.7 Å². The maximum absolute atomic E-state index is 14.0. The average Bonchev–Trinajstić information content (AvgIpc) is 3.61. The molecule has 0 bridgehead atoms. The number of methoxy groups -OCH3 is 1. The summed E-state index contributed by atoms with van der Waals surface area (Å²) in [4.78, 5) is 49.6. The molecule has 0 saturated carbocycles. The van der Waals surface area contributed by atoms with E-state index >= 15 is 0 Å². The van der Waals surface area contributed by atoms with Crippen LogP contribution in [-0.2, 0) is 30.0 Å². The number of esters is 1. The molecule has 1 aliphatic carbocycles. The SMILES string of the molecule is CCOC(=O)C1CCN(C2CCc3cc(-c4cccc(-c5cccc(Nc6nc(C(F)F)cc7c6c(=O)n(C)c(=O)n7C)c5Cl)c4Cl)nc(OC)c32)CC1. The average molecular weight is 780 g/mol. The summed E-state index contributed by atoms with van der Waals surface area (Å²) in [6, 6.07) is 13.8. The number of likely N-dealkylation sites (tertiary alicyclic amines) is 1. The van der Waals surface area contributed by atoms with Gasteiger partial charge in [-0.25, -0.2) is 23.5 Å². The molecule has 1 saturated heterocycles. The molecule has 1 atom stereocenters. The number of hydrogen-bond acceptors (Lipinski definition) is 9. The number of pyridine rings is 2. The molecule has 15 heteroatoms. The standard InChI is InChI=1S/C39H38Cl2F2N6O5/c1-5-54-38(51)20-14-16-49(17-15-20)28-13-12-21-18-26(46-36(53-4)30(21)28)24-10-6-8-22(32(24)40)23-9-7-11-25(33(23)41)44-35-31-29(19-27(45-35)34(42)43)47(2)39(52)48(3)37(31)50/h6-11,18-20,28,34H,5,12-17H2,1-4H3,(H,44,45). The highest BCUT2D eigenvalue weighted by Gasteiger charge is 2.36. The van der Waals surface area contributed by atoms with E-state index in [0.29, 0.717) is 39.9 Å². The maximum Gasteiger partial charge on any atom is 0.330 e. The number of aromatic nitrogens is 4. The predicted molar refractivity (Wildman–Crippen MR) is 204 cm³/mol. The summed E-state index contributed by atoms with van der Waals surface area (Å²) in [5.41, 5.74) is 2.88. The normalized spacial score (nSPS) is 16.2. The van der Waals surface area contributed by atoms with E-state index in [1.54, 1.807) is 25.3 Å². The van der Waals surface area contributed by atoms with Crippen molar-refractivity contribution < 1.29 is 23.0 Å². The topological polar surface area (TPSA) is 121 Å². The Morgan fingerprint density at radius 3 is 2.33 bits per heavy atom. The van der Waals surface area contributed by atoms with Crippen LogP contribution >= 0.6 is 23.2 Å². The summed E-state index contributed by atoms with van der Waals surface area (Å²) in [5.74, 6) is 0.150. The van der Waals surface area contributed by atoms with Crippen molar-refractivity contribution in [1.29, 1.82) is 0 Å². The van der Waals surface area contributed by atoms with Gasteiger partial charge in [-0.2, -0.15) is 0 Å². The van der Waals surface area contributed by atoms with Gasteiger partial charge in [0.2, 0.25) is 5.88 Å². The highest BCUT2D eigenvalue weighted by molar-refractivity contribution is 6.39. The van der Waals surface area contributed by atoms with Crippen LogP contribution in [0.3, 0.4) is 0 Å². The third kappa shape index (κ3) is 6.62. The Hall–Kier alpha value is -4.85. The number of nitrogens with zero attached hydrogens (tertiary/aromatic N) is 5. The lowest BCUT2D eigenvalue weighted by Gasteiger charge is -2.35. The van der Waals surface area contributed by atoms with Crippen molar-refractivity contribution in [1.82, 2.24) is 24.0 Å². The molecule has 0 radical (unpaired) electrons. The Morgan fingerprint density at radius 1 is 0.963 bits per heavy atom. The fraction of sp³-hybridized carbons (Fsp3) is 0.359. The molecule has 1 aliphatic heterocycles. The molecule has 282 valence electrons. The first-order valence-corrected chi connectivity index (χ1v) is 18.4. The largest absolute Gasteiger partial charge is 0.481 e. The fourth-order valence-electron chi connectivity index (χ4n) is 7.66. The van der Waals surface area contributed by atoms with E-state index in [1.165, 1.54) is 14.1 Å². The van der Waals surface area contributed by atoms with Crippen LogP contribution in [0.4, 0.5) is 20.3 Å². The van der Waals surface area contributed by atoms with E-state index in [-0.39, 0.29) is 45.4 Å². The van der Waals surface area contributed by atoms with Gasteiger partial charge in [-0.1, -0.05) is 53.5 Å². The molecule has 5 aromatic rings. The molecule has 4 heterocycles. The van der Waals surface area contributed by atoms with Gasteiger partial charge in [0, 0.05) is 42.4 Å². The van der Waals surface area contributed by atoms with Crippen LogP contribution in [0.5, 0.6) is 5.88 Å². The zero-order valence-corrected chi connectivity index (χ0v) is 31.6. The van der Waals surface area contributed by atoms with Gasteiger partial charge < -0.3 is 14.8 Å². The van der Waals surface area contributed by atoms with Crippen molar-refractivity contribution in [3.05, 3.63) is 96.2 Å². The van der Waals surface area contributed by atoms with E-state index in [4.69, 9.17) is 37.7 Å². The number of ether oxygens (including phenoxy) is 2. The van der Waals surface area contributed by atoms with Crippen LogP contribution in [0, 0.1) is 5.92 Å². The van der Waals surface area contributed by atoms with E-state index in [9.17, 15) is 23.2 Å². The number of alkyl halides is 2. The molecular formula is C39H38Cl2F2N6O5. The van der Waals surface area contributed by atoms with Crippen LogP contribution in [-0.4, -0.2) is 56.8 Å². The molecule has 0 spiro atoms. The second-order valence-corrected chi connectivity index (χ2v) is 14.2. The number of anilines is 2. The molecule has 11 nitrogen and oxygen atoms in total. The summed E-state index contributed by atoms with van der Waals surface area (Å²) < 4.78 is 41.1. The minimum atomic E-state index is -2.97. The molecule has 0 amide bonds. The predicted octanol–water partition coefficient (Wildman–Crippen LogP) is 7.62. The third-order valence-corrected chi connectivity index (χ3v) is 11.2. The lowest BCUT2D eigenvalue weighted by molar-refractivity contribution is -0.149. The second kappa shape index (κ2) is 15.1. The van der Waals surface area contributed by atoms with Crippen LogP contribution in [0.25, 0.3) is 33.3 Å². The number of nitrogens with one attached hydrogen (secondary N) is 1. The van der Waals surface area contributed by atoms with Gasteiger partial charge in [0.15, 0.2) is 0 Å². The van der Waals surface area contributed by atoms with Crippen LogP contribution in [0.15, 0.2) is 58.1 Å². The zero-order chi connectivity index (χ0) is 38.4. The molecule has 54 heavy (non-hydrogen) atoms. The van der Waals surface area contributed by atoms with E-state index in [1.807, 2.05) is 31.2 Å². The molecule has 2 aromatic carbocycles. The van der Waals surface area contributed by atoms with Crippen LogP contribution < -0.4 is 21.3 Å². The highest BCUT2D eigenvalue weighted by atomic mass is 35.5. The van der Waals surface area contributed by atoms with E-state index in [0.717, 1.165) is 65.1 Å².